The van der Waals surface area contributed by atoms with Gasteiger partial charge in [0.2, 0.25) is 5.91 Å². The second-order valence-electron chi connectivity index (χ2n) is 5.28. The van der Waals surface area contributed by atoms with Gasteiger partial charge in [-0.05, 0) is 49.2 Å². The molecule has 5 nitrogen and oxygen atoms in total. The number of thiocarbonyl (C=S) groups is 1. The highest BCUT2D eigenvalue weighted by molar-refractivity contribution is 7.80. The van der Waals surface area contributed by atoms with Crippen LogP contribution in [-0.2, 0) is 11.3 Å². The van der Waals surface area contributed by atoms with Crippen molar-refractivity contribution in [2.24, 2.45) is 5.92 Å². The van der Waals surface area contributed by atoms with Crippen molar-refractivity contribution in [2.75, 3.05) is 13.7 Å². The van der Waals surface area contributed by atoms with Crippen LogP contribution in [0.3, 0.4) is 0 Å². The maximum Gasteiger partial charge on any atom is 0.229 e. The Bertz CT molecular complexity index is 544. The molecule has 0 radical (unpaired) electrons. The molecule has 1 aliphatic rings. The number of rotatable bonds is 7. The Morgan fingerprint density at radius 1 is 1.36 bits per heavy atom. The minimum atomic E-state index is 0.0124. The van der Waals surface area contributed by atoms with E-state index < -0.39 is 0 Å². The first-order valence-corrected chi connectivity index (χ1v) is 7.93. The Labute approximate surface area is 136 Å². The van der Waals surface area contributed by atoms with Crippen LogP contribution in [0, 0.1) is 5.92 Å². The van der Waals surface area contributed by atoms with Crippen molar-refractivity contribution in [1.82, 2.24) is 10.6 Å². The first kappa shape index (κ1) is 16.5. The molecule has 0 atom stereocenters. The van der Waals surface area contributed by atoms with E-state index in [9.17, 15) is 4.79 Å². The second kappa shape index (κ2) is 7.98. The summed E-state index contributed by atoms with van der Waals surface area (Å²) in [5, 5.41) is 6.10. The molecule has 1 aromatic carbocycles. The molecule has 2 N–H and O–H groups in total. The summed E-state index contributed by atoms with van der Waals surface area (Å²) in [5.74, 6) is 1.59. The Hall–Kier alpha value is -1.82. The zero-order valence-electron chi connectivity index (χ0n) is 13.0. The molecule has 1 aliphatic carbocycles. The number of hydrogen-bond donors (Lipinski definition) is 2. The van der Waals surface area contributed by atoms with E-state index >= 15 is 0 Å². The van der Waals surface area contributed by atoms with Gasteiger partial charge in [-0.2, -0.15) is 0 Å². The Morgan fingerprint density at radius 3 is 2.77 bits per heavy atom. The number of carbonyl (C=O) groups excluding carboxylic acids is 1. The largest absolute Gasteiger partial charge is 0.493 e. The molecule has 1 amide bonds. The van der Waals surface area contributed by atoms with E-state index in [0.29, 0.717) is 24.0 Å². The van der Waals surface area contributed by atoms with Gasteiger partial charge in [-0.15, -0.1) is 0 Å². The smallest absolute Gasteiger partial charge is 0.229 e. The average molecular weight is 322 g/mol. The summed E-state index contributed by atoms with van der Waals surface area (Å²) in [5.41, 5.74) is 1.00. The Kier molecular flexibility index (Phi) is 6.00. The molecule has 0 aliphatic heterocycles. The van der Waals surface area contributed by atoms with Gasteiger partial charge in [-0.25, -0.2) is 0 Å². The van der Waals surface area contributed by atoms with Gasteiger partial charge in [0, 0.05) is 12.5 Å². The van der Waals surface area contributed by atoms with Gasteiger partial charge in [-0.1, -0.05) is 13.0 Å². The van der Waals surface area contributed by atoms with Crippen molar-refractivity contribution in [3.8, 4) is 11.5 Å². The summed E-state index contributed by atoms with van der Waals surface area (Å²) in [7, 11) is 1.62. The molecule has 6 heteroatoms. The molecule has 2 rings (SSSR count). The minimum Gasteiger partial charge on any atom is -0.493 e. The maximum absolute atomic E-state index is 11.6. The topological polar surface area (TPSA) is 59.6 Å². The van der Waals surface area contributed by atoms with Gasteiger partial charge in [0.25, 0.3) is 0 Å². The van der Waals surface area contributed by atoms with Crippen LogP contribution in [0.4, 0.5) is 0 Å². The second-order valence-corrected chi connectivity index (χ2v) is 5.69. The third-order valence-electron chi connectivity index (χ3n) is 3.33. The van der Waals surface area contributed by atoms with Crippen molar-refractivity contribution in [3.63, 3.8) is 0 Å². The molecule has 0 unspecified atom stereocenters. The molecule has 1 fully saturated rings. The van der Waals surface area contributed by atoms with Gasteiger partial charge in [0.1, 0.15) is 0 Å². The Balaban J connectivity index is 1.86. The maximum atomic E-state index is 11.6. The SMILES string of the molecule is CCCOc1ccc(CNC(=S)NC(=O)C2CC2)cc1OC. The molecule has 0 bridgehead atoms. The number of ether oxygens (including phenoxy) is 2. The number of carbonyl (C=O) groups is 1. The third-order valence-corrected chi connectivity index (χ3v) is 3.57. The molecule has 22 heavy (non-hydrogen) atoms. The van der Waals surface area contributed by atoms with E-state index in [1.54, 1.807) is 7.11 Å². The number of amides is 1. The van der Waals surface area contributed by atoms with E-state index in [1.165, 1.54) is 0 Å². The number of benzene rings is 1. The van der Waals surface area contributed by atoms with Crippen LogP contribution < -0.4 is 20.1 Å². The standard InChI is InChI=1S/C16H22N2O3S/c1-3-8-21-13-7-4-11(9-14(13)20-2)10-17-16(22)18-15(19)12-5-6-12/h4,7,9,12H,3,5-6,8,10H2,1-2H3,(H2,17,18,19,22). The fourth-order valence-electron chi connectivity index (χ4n) is 1.94. The molecule has 1 saturated carbocycles. The quantitative estimate of drug-likeness (QED) is 0.755. The predicted octanol–water partition coefficient (Wildman–Crippen LogP) is 2.38. The van der Waals surface area contributed by atoms with E-state index in [4.69, 9.17) is 21.7 Å². The molecule has 0 saturated heterocycles. The molecule has 120 valence electrons. The first-order chi connectivity index (χ1) is 10.6. The summed E-state index contributed by atoms with van der Waals surface area (Å²) < 4.78 is 11.0. The van der Waals surface area contributed by atoms with Crippen LogP contribution in [0.5, 0.6) is 11.5 Å². The number of hydrogen-bond acceptors (Lipinski definition) is 4. The molecular formula is C16H22N2O3S. The van der Waals surface area contributed by atoms with Gasteiger partial charge >= 0.3 is 0 Å². The van der Waals surface area contributed by atoms with E-state index in [2.05, 4.69) is 17.6 Å². The number of methoxy groups -OCH3 is 1. The normalized spacial score (nSPS) is 13.4. The molecular weight excluding hydrogens is 300 g/mol. The zero-order valence-corrected chi connectivity index (χ0v) is 13.8. The van der Waals surface area contributed by atoms with Crippen molar-refractivity contribution in [1.29, 1.82) is 0 Å². The predicted molar refractivity (Wildman–Crippen MR) is 89.1 cm³/mol. The van der Waals surface area contributed by atoms with Crippen LogP contribution in [0.25, 0.3) is 0 Å². The lowest BCUT2D eigenvalue weighted by atomic mass is 10.2. The molecule has 1 aromatic rings. The monoisotopic (exact) mass is 322 g/mol. The van der Waals surface area contributed by atoms with Crippen LogP contribution in [-0.4, -0.2) is 24.7 Å². The lowest BCUT2D eigenvalue weighted by molar-refractivity contribution is -0.120. The molecule has 0 spiro atoms. The van der Waals surface area contributed by atoms with Gasteiger partial charge < -0.3 is 20.1 Å². The van der Waals surface area contributed by atoms with Crippen LogP contribution >= 0.6 is 12.2 Å². The van der Waals surface area contributed by atoms with E-state index in [1.807, 2.05) is 18.2 Å². The molecule has 0 heterocycles. The van der Waals surface area contributed by atoms with Gasteiger partial charge in [0.05, 0.1) is 13.7 Å². The van der Waals surface area contributed by atoms with Gasteiger partial charge in [-0.3, -0.25) is 4.79 Å². The van der Waals surface area contributed by atoms with Crippen LogP contribution in [0.15, 0.2) is 18.2 Å². The Morgan fingerprint density at radius 2 is 2.14 bits per heavy atom. The summed E-state index contributed by atoms with van der Waals surface area (Å²) in [4.78, 5) is 11.6. The van der Waals surface area contributed by atoms with Crippen molar-refractivity contribution in [3.05, 3.63) is 23.8 Å². The fourth-order valence-corrected chi connectivity index (χ4v) is 2.11. The lowest BCUT2D eigenvalue weighted by Crippen LogP contribution is -2.39. The van der Waals surface area contributed by atoms with Gasteiger partial charge in [0.15, 0.2) is 16.6 Å². The molecule has 0 aromatic heterocycles. The lowest BCUT2D eigenvalue weighted by Gasteiger charge is -2.13. The summed E-state index contributed by atoms with van der Waals surface area (Å²) in [6.07, 6.45) is 2.87. The average Bonchev–Trinajstić information content (AvgIpc) is 3.36. The highest BCUT2D eigenvalue weighted by atomic mass is 32.1. The summed E-state index contributed by atoms with van der Waals surface area (Å²) in [6, 6.07) is 5.74. The van der Waals surface area contributed by atoms with E-state index in [0.717, 1.165) is 30.6 Å². The van der Waals surface area contributed by atoms with Crippen molar-refractivity contribution < 1.29 is 14.3 Å². The first-order valence-electron chi connectivity index (χ1n) is 7.52. The highest BCUT2D eigenvalue weighted by Crippen LogP contribution is 2.29. The van der Waals surface area contributed by atoms with E-state index in [-0.39, 0.29) is 11.8 Å². The summed E-state index contributed by atoms with van der Waals surface area (Å²) >= 11 is 5.12. The van der Waals surface area contributed by atoms with Crippen molar-refractivity contribution in [2.45, 2.75) is 32.7 Å². The minimum absolute atomic E-state index is 0.0124. The fraction of sp³-hybridized carbons (Fsp3) is 0.500. The highest BCUT2D eigenvalue weighted by Gasteiger charge is 2.29. The zero-order chi connectivity index (χ0) is 15.9. The third kappa shape index (κ3) is 4.87. The van der Waals surface area contributed by atoms with Crippen LogP contribution in [0.1, 0.15) is 31.7 Å². The summed E-state index contributed by atoms with van der Waals surface area (Å²) in [6.45, 7) is 3.24. The van der Waals surface area contributed by atoms with Crippen molar-refractivity contribution >= 4 is 23.2 Å². The number of nitrogens with one attached hydrogen (secondary N) is 2. The van der Waals surface area contributed by atoms with Crippen LogP contribution in [0.2, 0.25) is 0 Å².